The summed E-state index contributed by atoms with van der Waals surface area (Å²) in [5.74, 6) is 0.752. The fourth-order valence-corrected chi connectivity index (χ4v) is 3.20. The molecule has 13 heteroatoms. The highest BCUT2D eigenvalue weighted by atomic mass is 32.2. The van der Waals surface area contributed by atoms with Crippen molar-refractivity contribution in [1.29, 1.82) is 0 Å². The molecule has 0 aliphatic rings. The Labute approximate surface area is 166 Å². The number of methoxy groups -OCH3 is 1. The van der Waals surface area contributed by atoms with E-state index in [1.165, 1.54) is 6.07 Å². The number of ether oxygens (including phenoxy) is 1. The molecule has 2 aromatic heterocycles. The van der Waals surface area contributed by atoms with Gasteiger partial charge in [-0.15, -0.1) is 0 Å². The quantitative estimate of drug-likeness (QED) is 0.384. The summed E-state index contributed by atoms with van der Waals surface area (Å²) in [6.07, 6.45) is -1.12. The molecule has 3 rings (SSSR count). The first-order valence-electron chi connectivity index (χ1n) is 8.49. The lowest BCUT2D eigenvalue weighted by Gasteiger charge is -2.16. The summed E-state index contributed by atoms with van der Waals surface area (Å²) in [4.78, 5) is 15.7. The Morgan fingerprint density at radius 3 is 2.62 bits per heavy atom. The second-order valence-corrected chi connectivity index (χ2v) is 7.66. The second kappa shape index (κ2) is 8.18. The van der Waals surface area contributed by atoms with Gasteiger partial charge < -0.3 is 15.4 Å². The summed E-state index contributed by atoms with van der Waals surface area (Å²) in [6.45, 7) is 3.90. The molecule has 2 heterocycles. The van der Waals surface area contributed by atoms with Crippen LogP contribution in [0.5, 0.6) is 0 Å². The van der Waals surface area contributed by atoms with Crippen molar-refractivity contribution in [2.75, 3.05) is 22.5 Å². The zero-order valence-electron chi connectivity index (χ0n) is 15.8. The SMILES string of the molecule is COC(=O)NS(=O)(=O)Nc1ccc(NC(C)C)nc1Nc1ccc2n[nH]nc2c1. The van der Waals surface area contributed by atoms with E-state index in [2.05, 4.69) is 40.5 Å². The number of fused-ring (bicyclic) bond motifs is 1. The van der Waals surface area contributed by atoms with Crippen molar-refractivity contribution < 1.29 is 17.9 Å². The maximum atomic E-state index is 12.2. The van der Waals surface area contributed by atoms with Crippen LogP contribution in [0.2, 0.25) is 0 Å². The van der Waals surface area contributed by atoms with E-state index in [4.69, 9.17) is 0 Å². The Hall–Kier alpha value is -3.61. The minimum absolute atomic E-state index is 0.116. The molecule has 0 spiro atoms. The van der Waals surface area contributed by atoms with Crippen molar-refractivity contribution in [2.45, 2.75) is 19.9 Å². The molecule has 1 amide bonds. The van der Waals surface area contributed by atoms with Gasteiger partial charge in [-0.2, -0.15) is 23.8 Å². The van der Waals surface area contributed by atoms with Crippen molar-refractivity contribution in [2.24, 2.45) is 0 Å². The van der Waals surface area contributed by atoms with Crippen molar-refractivity contribution in [1.82, 2.24) is 25.1 Å². The van der Waals surface area contributed by atoms with Crippen LogP contribution in [0.4, 0.5) is 27.8 Å². The first-order valence-corrected chi connectivity index (χ1v) is 9.97. The number of rotatable bonds is 7. The highest BCUT2D eigenvalue weighted by molar-refractivity contribution is 7.91. The number of amides is 1. The second-order valence-electron chi connectivity index (χ2n) is 6.24. The van der Waals surface area contributed by atoms with Gasteiger partial charge in [-0.05, 0) is 44.2 Å². The Morgan fingerprint density at radius 1 is 1.14 bits per heavy atom. The number of anilines is 4. The monoisotopic (exact) mass is 420 g/mol. The van der Waals surface area contributed by atoms with E-state index in [-0.39, 0.29) is 17.5 Å². The standard InChI is InChI=1S/C16H20N8O4S/c1-9(2)17-14-7-6-12(22-29(26,27)23-16(25)28-3)15(19-14)18-10-4-5-11-13(8-10)21-24-20-11/h4-9,22H,1-3H3,(H,23,25)(H2,17,18,19)(H,20,21,24). The Kier molecular flexibility index (Phi) is 5.68. The van der Waals surface area contributed by atoms with Crippen LogP contribution < -0.4 is 20.1 Å². The smallest absolute Gasteiger partial charge is 0.422 e. The molecular weight excluding hydrogens is 400 g/mol. The third kappa shape index (κ3) is 5.22. The molecule has 0 saturated heterocycles. The van der Waals surface area contributed by atoms with Gasteiger partial charge >= 0.3 is 16.3 Å². The van der Waals surface area contributed by atoms with Crippen molar-refractivity contribution in [3.8, 4) is 0 Å². The van der Waals surface area contributed by atoms with Crippen LogP contribution in [-0.2, 0) is 14.9 Å². The molecule has 154 valence electrons. The van der Waals surface area contributed by atoms with E-state index >= 15 is 0 Å². The lowest BCUT2D eigenvalue weighted by Crippen LogP contribution is -2.35. The fraction of sp³-hybridized carbons (Fsp3) is 0.250. The summed E-state index contributed by atoms with van der Waals surface area (Å²) >= 11 is 0. The fourth-order valence-electron chi connectivity index (χ4n) is 2.39. The normalized spacial score (nSPS) is 11.3. The van der Waals surface area contributed by atoms with Gasteiger partial charge in [-0.3, -0.25) is 4.72 Å². The predicted molar refractivity (Wildman–Crippen MR) is 108 cm³/mol. The van der Waals surface area contributed by atoms with Gasteiger partial charge in [0, 0.05) is 11.7 Å². The average molecular weight is 420 g/mol. The predicted octanol–water partition coefficient (Wildman–Crippen LogP) is 1.93. The molecular formula is C16H20N8O4S. The number of H-pyrrole nitrogens is 1. The highest BCUT2D eigenvalue weighted by Crippen LogP contribution is 2.27. The number of carbonyl (C=O) groups excluding carboxylic acids is 1. The first kappa shape index (κ1) is 20.1. The molecule has 0 aliphatic heterocycles. The molecule has 12 nitrogen and oxygen atoms in total. The summed E-state index contributed by atoms with van der Waals surface area (Å²) < 4.78 is 32.6. The molecule has 0 unspecified atom stereocenters. The Morgan fingerprint density at radius 2 is 1.90 bits per heavy atom. The van der Waals surface area contributed by atoms with Crippen LogP contribution in [0.3, 0.4) is 0 Å². The Balaban J connectivity index is 1.93. The lowest BCUT2D eigenvalue weighted by molar-refractivity contribution is 0.177. The number of pyridine rings is 1. The lowest BCUT2D eigenvalue weighted by atomic mass is 10.2. The van der Waals surface area contributed by atoms with Gasteiger partial charge in [0.15, 0.2) is 5.82 Å². The van der Waals surface area contributed by atoms with Crippen LogP contribution >= 0.6 is 0 Å². The Bertz CT molecular complexity index is 1130. The van der Waals surface area contributed by atoms with Crippen LogP contribution in [0.15, 0.2) is 30.3 Å². The van der Waals surface area contributed by atoms with E-state index in [1.54, 1.807) is 29.0 Å². The molecule has 0 atom stereocenters. The van der Waals surface area contributed by atoms with Crippen LogP contribution in [-0.4, -0.2) is 48.1 Å². The van der Waals surface area contributed by atoms with Crippen molar-refractivity contribution in [3.05, 3.63) is 30.3 Å². The molecule has 0 aliphatic carbocycles. The van der Waals surface area contributed by atoms with E-state index in [0.29, 0.717) is 22.5 Å². The van der Waals surface area contributed by atoms with Gasteiger partial charge in [0.2, 0.25) is 0 Å². The van der Waals surface area contributed by atoms with E-state index in [9.17, 15) is 13.2 Å². The maximum absolute atomic E-state index is 12.2. The number of nitrogens with zero attached hydrogens (tertiary/aromatic N) is 3. The number of carbonyl (C=O) groups is 1. The average Bonchev–Trinajstić information content (AvgIpc) is 3.10. The van der Waals surface area contributed by atoms with Gasteiger partial charge in [0.25, 0.3) is 0 Å². The molecule has 29 heavy (non-hydrogen) atoms. The van der Waals surface area contributed by atoms with Crippen LogP contribution in [0.1, 0.15) is 13.8 Å². The third-order valence-corrected chi connectivity index (χ3v) is 4.48. The molecule has 5 N–H and O–H groups in total. The zero-order chi connectivity index (χ0) is 21.0. The van der Waals surface area contributed by atoms with Crippen LogP contribution in [0, 0.1) is 0 Å². The minimum atomic E-state index is -4.22. The van der Waals surface area contributed by atoms with Crippen molar-refractivity contribution >= 4 is 50.3 Å². The van der Waals surface area contributed by atoms with Crippen LogP contribution in [0.25, 0.3) is 11.0 Å². The number of hydrogen-bond donors (Lipinski definition) is 5. The largest absolute Gasteiger partial charge is 0.452 e. The minimum Gasteiger partial charge on any atom is -0.452 e. The van der Waals surface area contributed by atoms with Gasteiger partial charge in [0.05, 0.1) is 12.8 Å². The summed E-state index contributed by atoms with van der Waals surface area (Å²) in [7, 11) is -3.16. The summed E-state index contributed by atoms with van der Waals surface area (Å²) in [5, 5.41) is 16.7. The van der Waals surface area contributed by atoms with Gasteiger partial charge in [-0.1, -0.05) is 0 Å². The highest BCUT2D eigenvalue weighted by Gasteiger charge is 2.18. The molecule has 3 aromatic rings. The third-order valence-electron chi connectivity index (χ3n) is 3.56. The van der Waals surface area contributed by atoms with Gasteiger partial charge in [0.1, 0.15) is 16.9 Å². The summed E-state index contributed by atoms with van der Waals surface area (Å²) in [5.41, 5.74) is 2.04. The molecule has 1 aromatic carbocycles. The topological polar surface area (TPSA) is 163 Å². The van der Waals surface area contributed by atoms with E-state index < -0.39 is 16.3 Å². The molecule has 0 bridgehead atoms. The number of benzene rings is 1. The first-order chi connectivity index (χ1) is 13.8. The number of nitrogens with one attached hydrogen (secondary N) is 5. The molecule has 0 radical (unpaired) electrons. The van der Waals surface area contributed by atoms with E-state index in [1.807, 2.05) is 13.8 Å². The molecule has 0 fully saturated rings. The number of hydrogen-bond acceptors (Lipinski definition) is 9. The zero-order valence-corrected chi connectivity index (χ0v) is 16.7. The van der Waals surface area contributed by atoms with E-state index in [0.717, 1.165) is 7.11 Å². The number of aromatic amines is 1. The van der Waals surface area contributed by atoms with Gasteiger partial charge in [-0.25, -0.2) is 14.5 Å². The number of aromatic nitrogens is 4. The molecule has 0 saturated carbocycles. The maximum Gasteiger partial charge on any atom is 0.422 e. The summed E-state index contributed by atoms with van der Waals surface area (Å²) in [6, 6.07) is 8.48. The van der Waals surface area contributed by atoms with Crippen molar-refractivity contribution in [3.63, 3.8) is 0 Å².